The summed E-state index contributed by atoms with van der Waals surface area (Å²) in [6, 6.07) is 14.2. The summed E-state index contributed by atoms with van der Waals surface area (Å²) in [5.74, 6) is 1.52. The maximum Gasteiger partial charge on any atom is 0.231 e. The number of hydrogen-bond acceptors (Lipinski definition) is 5. The molecule has 0 amide bonds. The van der Waals surface area contributed by atoms with Gasteiger partial charge in [0.1, 0.15) is 0 Å². The molecule has 6 heteroatoms. The second-order valence-corrected chi connectivity index (χ2v) is 6.75. The van der Waals surface area contributed by atoms with Gasteiger partial charge in [-0.3, -0.25) is 4.99 Å². The topological polar surface area (TPSA) is 48.1 Å². The fourth-order valence-electron chi connectivity index (χ4n) is 2.69. The van der Waals surface area contributed by atoms with Gasteiger partial charge in [0, 0.05) is 17.5 Å². The van der Waals surface area contributed by atoms with E-state index in [1.807, 2.05) is 36.0 Å². The zero-order chi connectivity index (χ0) is 17.9. The van der Waals surface area contributed by atoms with Crippen LogP contribution in [0.4, 0.5) is 0 Å². The highest BCUT2D eigenvalue weighted by Crippen LogP contribution is 2.32. The van der Waals surface area contributed by atoms with Crippen LogP contribution in [0.1, 0.15) is 18.1 Å². The summed E-state index contributed by atoms with van der Waals surface area (Å²) in [7, 11) is 0. The lowest BCUT2D eigenvalue weighted by atomic mass is 10.1. The van der Waals surface area contributed by atoms with E-state index in [-0.39, 0.29) is 6.79 Å². The molecule has 5 nitrogen and oxygen atoms in total. The highest BCUT2D eigenvalue weighted by Gasteiger charge is 2.13. The van der Waals surface area contributed by atoms with Gasteiger partial charge in [0.2, 0.25) is 11.6 Å². The minimum Gasteiger partial charge on any atom is -0.454 e. The van der Waals surface area contributed by atoms with Crippen molar-refractivity contribution in [1.29, 1.82) is 0 Å². The fraction of sp³-hybridized carbons (Fsp3) is 0.200. The lowest BCUT2D eigenvalue weighted by Crippen LogP contribution is -2.12. The third-order valence-corrected chi connectivity index (χ3v) is 4.90. The Morgan fingerprint density at radius 1 is 1.12 bits per heavy atom. The number of thiazole rings is 1. The zero-order valence-electron chi connectivity index (χ0n) is 14.7. The summed E-state index contributed by atoms with van der Waals surface area (Å²) >= 11 is 1.59. The number of ether oxygens (including phenoxy) is 2. The maximum absolute atomic E-state index is 5.44. The summed E-state index contributed by atoms with van der Waals surface area (Å²) in [5, 5.41) is 6.78. The van der Waals surface area contributed by atoms with Crippen LogP contribution in [0.25, 0.3) is 11.3 Å². The molecule has 0 unspecified atom stereocenters. The first-order valence-corrected chi connectivity index (χ1v) is 9.34. The standard InChI is InChI=1S/C20H19N3O2S/c1-3-21-20-23(17(12-26-20)16-7-4-14(2)5-8-16)22-11-15-6-9-18-19(10-15)25-13-24-18/h4-12H,3,13H2,1-2H3/b21-20?,22-11-. The van der Waals surface area contributed by atoms with Gasteiger partial charge in [0.05, 0.1) is 11.9 Å². The van der Waals surface area contributed by atoms with Gasteiger partial charge in [0.25, 0.3) is 0 Å². The molecule has 0 atom stereocenters. The monoisotopic (exact) mass is 365 g/mol. The molecular formula is C20H19N3O2S. The molecule has 0 aliphatic carbocycles. The molecule has 4 rings (SSSR count). The maximum atomic E-state index is 5.44. The van der Waals surface area contributed by atoms with Crippen molar-refractivity contribution in [3.63, 3.8) is 0 Å². The van der Waals surface area contributed by atoms with Crippen LogP contribution in [0.3, 0.4) is 0 Å². The SMILES string of the molecule is CCN=c1scc(-c2ccc(C)cc2)n1/N=C\c1ccc2c(c1)OCO2. The fourth-order valence-corrected chi connectivity index (χ4v) is 3.60. The molecule has 1 aromatic heterocycles. The number of aryl methyl sites for hydroxylation is 1. The third kappa shape index (κ3) is 3.28. The number of fused-ring (bicyclic) bond motifs is 1. The molecule has 0 N–H and O–H groups in total. The van der Waals surface area contributed by atoms with Crippen molar-refractivity contribution < 1.29 is 9.47 Å². The van der Waals surface area contributed by atoms with Gasteiger partial charge in [-0.05, 0) is 37.6 Å². The van der Waals surface area contributed by atoms with Crippen LogP contribution in [0.2, 0.25) is 0 Å². The van der Waals surface area contributed by atoms with E-state index in [0.717, 1.165) is 33.1 Å². The second kappa shape index (κ2) is 7.17. The Bertz CT molecular complexity index is 1020. The number of benzene rings is 2. The predicted octanol–water partition coefficient (Wildman–Crippen LogP) is 4.06. The molecule has 1 aliphatic heterocycles. The Morgan fingerprint density at radius 3 is 2.73 bits per heavy atom. The van der Waals surface area contributed by atoms with Crippen molar-refractivity contribution in [3.05, 3.63) is 63.8 Å². The second-order valence-electron chi connectivity index (χ2n) is 5.91. The van der Waals surface area contributed by atoms with E-state index >= 15 is 0 Å². The van der Waals surface area contributed by atoms with Gasteiger partial charge < -0.3 is 9.47 Å². The summed E-state index contributed by atoms with van der Waals surface area (Å²) in [5.41, 5.74) is 4.33. The van der Waals surface area contributed by atoms with E-state index in [1.54, 1.807) is 11.3 Å². The van der Waals surface area contributed by atoms with Crippen molar-refractivity contribution in [2.45, 2.75) is 13.8 Å². The summed E-state index contributed by atoms with van der Waals surface area (Å²) in [4.78, 5) is 5.44. The highest BCUT2D eigenvalue weighted by atomic mass is 32.1. The number of rotatable bonds is 4. The normalized spacial score (nSPS) is 13.7. The Labute approximate surface area is 155 Å². The molecule has 0 saturated carbocycles. The van der Waals surface area contributed by atoms with Crippen molar-refractivity contribution in [2.24, 2.45) is 10.1 Å². The largest absolute Gasteiger partial charge is 0.454 e. The van der Waals surface area contributed by atoms with Crippen molar-refractivity contribution >= 4 is 17.6 Å². The van der Waals surface area contributed by atoms with E-state index in [0.29, 0.717) is 6.54 Å². The quantitative estimate of drug-likeness (QED) is 0.655. The number of nitrogens with zero attached hydrogens (tertiary/aromatic N) is 3. The van der Waals surface area contributed by atoms with Gasteiger partial charge in [0.15, 0.2) is 11.5 Å². The molecule has 2 aromatic carbocycles. The predicted molar refractivity (Wildman–Crippen MR) is 104 cm³/mol. The van der Waals surface area contributed by atoms with E-state index in [1.165, 1.54) is 5.56 Å². The van der Waals surface area contributed by atoms with Gasteiger partial charge in [-0.15, -0.1) is 11.3 Å². The lowest BCUT2D eigenvalue weighted by Gasteiger charge is -2.04. The first kappa shape index (κ1) is 16.6. The summed E-state index contributed by atoms with van der Waals surface area (Å²) in [6.07, 6.45) is 1.82. The zero-order valence-corrected chi connectivity index (χ0v) is 15.5. The van der Waals surface area contributed by atoms with E-state index in [2.05, 4.69) is 41.6 Å². The van der Waals surface area contributed by atoms with Crippen molar-refractivity contribution in [3.8, 4) is 22.8 Å². The number of aromatic nitrogens is 1. The molecule has 0 radical (unpaired) electrons. The van der Waals surface area contributed by atoms with E-state index in [4.69, 9.17) is 14.6 Å². The Balaban J connectivity index is 1.73. The molecule has 0 spiro atoms. The smallest absolute Gasteiger partial charge is 0.231 e. The Morgan fingerprint density at radius 2 is 1.92 bits per heavy atom. The molecule has 0 saturated heterocycles. The van der Waals surface area contributed by atoms with E-state index < -0.39 is 0 Å². The van der Waals surface area contributed by atoms with Gasteiger partial charge in [-0.2, -0.15) is 5.10 Å². The van der Waals surface area contributed by atoms with Crippen LogP contribution in [0.5, 0.6) is 11.5 Å². The van der Waals surface area contributed by atoms with Crippen molar-refractivity contribution in [1.82, 2.24) is 4.68 Å². The Kier molecular flexibility index (Phi) is 4.58. The Hall–Kier alpha value is -2.86. The summed E-state index contributed by atoms with van der Waals surface area (Å²) in [6.45, 7) is 5.10. The molecule has 26 heavy (non-hydrogen) atoms. The van der Waals surface area contributed by atoms with Crippen molar-refractivity contribution in [2.75, 3.05) is 13.3 Å². The molecule has 2 heterocycles. The van der Waals surface area contributed by atoms with Crippen LogP contribution in [0, 0.1) is 6.92 Å². The minimum atomic E-state index is 0.270. The van der Waals surface area contributed by atoms with Crippen LogP contribution >= 0.6 is 11.3 Å². The number of hydrogen-bond donors (Lipinski definition) is 0. The van der Waals surface area contributed by atoms with Crippen LogP contribution in [-0.2, 0) is 0 Å². The molecule has 3 aromatic rings. The first-order chi connectivity index (χ1) is 12.7. The van der Waals surface area contributed by atoms with Gasteiger partial charge >= 0.3 is 0 Å². The lowest BCUT2D eigenvalue weighted by molar-refractivity contribution is 0.174. The van der Waals surface area contributed by atoms with E-state index in [9.17, 15) is 0 Å². The van der Waals surface area contributed by atoms with Gasteiger partial charge in [-0.25, -0.2) is 4.68 Å². The minimum absolute atomic E-state index is 0.270. The average molecular weight is 365 g/mol. The highest BCUT2D eigenvalue weighted by molar-refractivity contribution is 7.07. The average Bonchev–Trinajstić information content (AvgIpc) is 3.27. The van der Waals surface area contributed by atoms with Crippen LogP contribution < -0.4 is 14.3 Å². The third-order valence-electron chi connectivity index (χ3n) is 4.04. The molecule has 132 valence electrons. The van der Waals surface area contributed by atoms with Crippen LogP contribution in [-0.4, -0.2) is 24.2 Å². The molecular weight excluding hydrogens is 346 g/mol. The summed E-state index contributed by atoms with van der Waals surface area (Å²) < 4.78 is 12.7. The molecule has 1 aliphatic rings. The molecule has 0 fully saturated rings. The van der Waals surface area contributed by atoms with Gasteiger partial charge in [-0.1, -0.05) is 29.8 Å². The van der Waals surface area contributed by atoms with Crippen LogP contribution in [0.15, 0.2) is 57.9 Å². The first-order valence-electron chi connectivity index (χ1n) is 8.46. The molecule has 0 bridgehead atoms.